The molecule has 72 valence electrons. The SMILES string of the molecule is C=CCC(C(C)C)C(C)C(C)C. The average Bonchev–Trinajstić information content (AvgIpc) is 1.98. The summed E-state index contributed by atoms with van der Waals surface area (Å²) in [6.07, 6.45) is 3.22. The van der Waals surface area contributed by atoms with Gasteiger partial charge in [0.25, 0.3) is 0 Å². The molecular formula is C12H24. The zero-order valence-electron chi connectivity index (χ0n) is 9.30. The topological polar surface area (TPSA) is 0 Å². The summed E-state index contributed by atoms with van der Waals surface area (Å²) < 4.78 is 0. The molecule has 0 heteroatoms. The molecule has 0 fully saturated rings. The van der Waals surface area contributed by atoms with E-state index in [4.69, 9.17) is 0 Å². The standard InChI is InChI=1S/C12H24/c1-7-8-12(10(4)5)11(6)9(2)3/h7,9-12H,1,8H2,2-6H3. The second-order valence-corrected chi connectivity index (χ2v) is 4.54. The molecule has 0 rings (SSSR count). The Kier molecular flexibility index (Phi) is 5.28. The maximum absolute atomic E-state index is 3.82. The van der Waals surface area contributed by atoms with Crippen molar-refractivity contribution < 1.29 is 0 Å². The zero-order valence-corrected chi connectivity index (χ0v) is 9.30. The van der Waals surface area contributed by atoms with Gasteiger partial charge >= 0.3 is 0 Å². The second-order valence-electron chi connectivity index (χ2n) is 4.54. The second kappa shape index (κ2) is 5.40. The molecule has 0 spiro atoms. The zero-order chi connectivity index (χ0) is 9.72. The predicted molar refractivity (Wildman–Crippen MR) is 57.1 cm³/mol. The van der Waals surface area contributed by atoms with E-state index in [2.05, 4.69) is 47.3 Å². The van der Waals surface area contributed by atoms with Gasteiger partial charge in [0.05, 0.1) is 0 Å². The Morgan fingerprint density at radius 2 is 1.50 bits per heavy atom. The van der Waals surface area contributed by atoms with Gasteiger partial charge < -0.3 is 0 Å². The first-order valence-corrected chi connectivity index (χ1v) is 5.11. The summed E-state index contributed by atoms with van der Waals surface area (Å²) in [7, 11) is 0. The van der Waals surface area contributed by atoms with Crippen LogP contribution in [0.2, 0.25) is 0 Å². The molecule has 0 aromatic rings. The lowest BCUT2D eigenvalue weighted by molar-refractivity contribution is 0.217. The minimum Gasteiger partial charge on any atom is -0.103 e. The van der Waals surface area contributed by atoms with Gasteiger partial charge in [-0.2, -0.15) is 0 Å². The normalized spacial score (nSPS) is 16.6. The third kappa shape index (κ3) is 3.42. The fourth-order valence-corrected chi connectivity index (χ4v) is 1.78. The van der Waals surface area contributed by atoms with Gasteiger partial charge in [-0.3, -0.25) is 0 Å². The molecule has 0 bridgehead atoms. The van der Waals surface area contributed by atoms with Gasteiger partial charge in [0.2, 0.25) is 0 Å². The Morgan fingerprint density at radius 3 is 1.75 bits per heavy atom. The number of hydrogen-bond donors (Lipinski definition) is 0. The van der Waals surface area contributed by atoms with Crippen LogP contribution in [0.15, 0.2) is 12.7 Å². The van der Waals surface area contributed by atoms with Gasteiger partial charge in [0, 0.05) is 0 Å². The number of hydrogen-bond acceptors (Lipinski definition) is 0. The third-order valence-electron chi connectivity index (χ3n) is 3.02. The highest BCUT2D eigenvalue weighted by molar-refractivity contribution is 4.79. The molecule has 2 atom stereocenters. The lowest BCUT2D eigenvalue weighted by atomic mass is 9.77. The highest BCUT2D eigenvalue weighted by Gasteiger charge is 2.21. The van der Waals surface area contributed by atoms with Gasteiger partial charge in [-0.05, 0) is 30.1 Å². The summed E-state index contributed by atoms with van der Waals surface area (Å²) in [6.45, 7) is 15.4. The monoisotopic (exact) mass is 168 g/mol. The molecular weight excluding hydrogens is 144 g/mol. The largest absolute Gasteiger partial charge is 0.103 e. The highest BCUT2D eigenvalue weighted by atomic mass is 14.3. The Hall–Kier alpha value is -0.260. The Morgan fingerprint density at radius 1 is 1.00 bits per heavy atom. The van der Waals surface area contributed by atoms with E-state index in [0.717, 1.165) is 30.1 Å². The molecule has 0 heterocycles. The van der Waals surface area contributed by atoms with Crippen LogP contribution in [-0.4, -0.2) is 0 Å². The van der Waals surface area contributed by atoms with Crippen molar-refractivity contribution in [1.82, 2.24) is 0 Å². The molecule has 0 radical (unpaired) electrons. The van der Waals surface area contributed by atoms with Crippen molar-refractivity contribution >= 4 is 0 Å². The van der Waals surface area contributed by atoms with Crippen LogP contribution in [0.5, 0.6) is 0 Å². The Bertz CT molecular complexity index is 122. The van der Waals surface area contributed by atoms with E-state index < -0.39 is 0 Å². The quantitative estimate of drug-likeness (QED) is 0.541. The van der Waals surface area contributed by atoms with Crippen LogP contribution in [0, 0.1) is 23.7 Å². The van der Waals surface area contributed by atoms with Crippen LogP contribution in [0.3, 0.4) is 0 Å². The summed E-state index contributed by atoms with van der Waals surface area (Å²) in [5.41, 5.74) is 0. The maximum atomic E-state index is 3.82. The molecule has 0 aliphatic carbocycles. The minimum atomic E-state index is 0.778. The Balaban J connectivity index is 4.18. The van der Waals surface area contributed by atoms with Crippen molar-refractivity contribution in [3.63, 3.8) is 0 Å². The smallest absolute Gasteiger partial charge is 0.0320 e. The van der Waals surface area contributed by atoms with E-state index >= 15 is 0 Å². The molecule has 0 aromatic carbocycles. The summed E-state index contributed by atoms with van der Waals surface area (Å²) in [6, 6.07) is 0. The molecule has 0 amide bonds. The Labute approximate surface area is 78.1 Å². The van der Waals surface area contributed by atoms with Crippen LogP contribution in [0.4, 0.5) is 0 Å². The van der Waals surface area contributed by atoms with Crippen molar-refractivity contribution in [2.75, 3.05) is 0 Å². The van der Waals surface area contributed by atoms with Crippen molar-refractivity contribution in [2.45, 2.75) is 41.0 Å². The molecule has 0 saturated carbocycles. The molecule has 0 nitrogen and oxygen atoms in total. The molecule has 12 heavy (non-hydrogen) atoms. The van der Waals surface area contributed by atoms with Gasteiger partial charge in [-0.1, -0.05) is 40.7 Å². The fourth-order valence-electron chi connectivity index (χ4n) is 1.78. The van der Waals surface area contributed by atoms with E-state index in [1.54, 1.807) is 0 Å². The number of rotatable bonds is 5. The lowest BCUT2D eigenvalue weighted by Gasteiger charge is -2.29. The van der Waals surface area contributed by atoms with Crippen LogP contribution in [0.1, 0.15) is 41.0 Å². The van der Waals surface area contributed by atoms with E-state index in [9.17, 15) is 0 Å². The van der Waals surface area contributed by atoms with Gasteiger partial charge in [0.1, 0.15) is 0 Å². The van der Waals surface area contributed by atoms with Gasteiger partial charge in [-0.25, -0.2) is 0 Å². The molecule has 2 unspecified atom stereocenters. The van der Waals surface area contributed by atoms with E-state index in [1.165, 1.54) is 0 Å². The van der Waals surface area contributed by atoms with E-state index in [0.29, 0.717) is 0 Å². The van der Waals surface area contributed by atoms with Crippen molar-refractivity contribution in [3.8, 4) is 0 Å². The first-order valence-electron chi connectivity index (χ1n) is 5.11. The molecule has 0 N–H and O–H groups in total. The predicted octanol–water partition coefficient (Wildman–Crippen LogP) is 4.13. The van der Waals surface area contributed by atoms with Crippen molar-refractivity contribution in [3.05, 3.63) is 12.7 Å². The molecule has 0 aromatic heterocycles. The average molecular weight is 168 g/mol. The molecule has 0 aliphatic heterocycles. The minimum absolute atomic E-state index is 0.778. The van der Waals surface area contributed by atoms with Crippen molar-refractivity contribution in [1.29, 1.82) is 0 Å². The van der Waals surface area contributed by atoms with E-state index in [-0.39, 0.29) is 0 Å². The maximum Gasteiger partial charge on any atom is -0.0320 e. The highest BCUT2D eigenvalue weighted by Crippen LogP contribution is 2.29. The van der Waals surface area contributed by atoms with Crippen LogP contribution in [-0.2, 0) is 0 Å². The van der Waals surface area contributed by atoms with Crippen LogP contribution in [0.25, 0.3) is 0 Å². The van der Waals surface area contributed by atoms with Crippen molar-refractivity contribution in [2.24, 2.45) is 23.7 Å². The lowest BCUT2D eigenvalue weighted by Crippen LogP contribution is -2.21. The molecule has 0 aliphatic rings. The summed E-state index contributed by atoms with van der Waals surface area (Å²) in [5, 5.41) is 0. The first-order chi connectivity index (χ1) is 5.50. The van der Waals surface area contributed by atoms with Gasteiger partial charge in [0.15, 0.2) is 0 Å². The third-order valence-corrected chi connectivity index (χ3v) is 3.02. The summed E-state index contributed by atoms with van der Waals surface area (Å²) in [5.74, 6) is 3.18. The van der Waals surface area contributed by atoms with Gasteiger partial charge in [-0.15, -0.1) is 6.58 Å². The summed E-state index contributed by atoms with van der Waals surface area (Å²) in [4.78, 5) is 0. The van der Waals surface area contributed by atoms with E-state index in [1.807, 2.05) is 0 Å². The summed E-state index contributed by atoms with van der Waals surface area (Å²) >= 11 is 0. The van der Waals surface area contributed by atoms with Crippen LogP contribution >= 0.6 is 0 Å². The van der Waals surface area contributed by atoms with Crippen LogP contribution < -0.4 is 0 Å². The fraction of sp³-hybridized carbons (Fsp3) is 0.833. The first kappa shape index (κ1) is 11.7. The number of allylic oxidation sites excluding steroid dienone is 1. The molecule has 0 saturated heterocycles.